The molecule has 158 valence electrons. The molecule has 3 N–H and O–H groups in total. The van der Waals surface area contributed by atoms with Gasteiger partial charge in [-0.25, -0.2) is 4.79 Å². The van der Waals surface area contributed by atoms with E-state index in [9.17, 15) is 9.90 Å². The molecular weight excluding hydrogens is 391 g/mol. The highest BCUT2D eigenvalue weighted by molar-refractivity contribution is 7.39. The molecule has 0 atom stereocenters. The molecule has 0 aromatic heterocycles. The maximum Gasteiger partial charge on any atom is 0.347 e. The molecule has 0 saturated heterocycles. The molecule has 0 heterocycles. The van der Waals surface area contributed by atoms with E-state index in [4.69, 9.17) is 19.0 Å². The number of unbranched alkanes of at least 4 members (excludes halogenated alkanes) is 5. The van der Waals surface area contributed by atoms with Crippen LogP contribution in [0.25, 0.3) is 0 Å². The normalized spacial score (nSPS) is 11.6. The van der Waals surface area contributed by atoms with Crippen molar-refractivity contribution in [1.29, 1.82) is 0 Å². The smallest absolute Gasteiger partial charge is 0.347 e. The lowest BCUT2D eigenvalue weighted by atomic mass is 9.86. The van der Waals surface area contributed by atoms with Crippen molar-refractivity contribution in [3.8, 4) is 0 Å². The number of hydrogen-bond donors (Lipinski definition) is 3. The number of carbonyl (C=O) groups excluding carboxylic acids is 1. The molecular formula is C22H29O6P. The van der Waals surface area contributed by atoms with Crippen LogP contribution in [0.4, 0.5) is 0 Å². The van der Waals surface area contributed by atoms with Crippen LogP contribution in [0.3, 0.4) is 0 Å². The van der Waals surface area contributed by atoms with Crippen LogP contribution in [0.5, 0.6) is 0 Å². The van der Waals surface area contributed by atoms with Crippen LogP contribution in [0.1, 0.15) is 49.7 Å². The molecule has 6 nitrogen and oxygen atoms in total. The zero-order chi connectivity index (χ0) is 21.0. The lowest BCUT2D eigenvalue weighted by Gasteiger charge is -2.27. The van der Waals surface area contributed by atoms with E-state index in [0.717, 1.165) is 38.5 Å². The predicted molar refractivity (Wildman–Crippen MR) is 112 cm³/mol. The summed E-state index contributed by atoms with van der Waals surface area (Å²) in [7, 11) is -2.25. The Labute approximate surface area is 173 Å². The average molecular weight is 420 g/mol. The Hall–Kier alpha value is -1.82. The van der Waals surface area contributed by atoms with Gasteiger partial charge in [0.15, 0.2) is 0 Å². The molecule has 0 saturated carbocycles. The van der Waals surface area contributed by atoms with Gasteiger partial charge in [-0.15, -0.1) is 0 Å². The zero-order valence-electron chi connectivity index (χ0n) is 16.4. The Morgan fingerprint density at radius 2 is 1.21 bits per heavy atom. The first-order valence-electron chi connectivity index (χ1n) is 9.86. The highest BCUT2D eigenvalue weighted by Gasteiger charge is 2.41. The van der Waals surface area contributed by atoms with Crippen molar-refractivity contribution < 1.29 is 28.9 Å². The fourth-order valence-corrected chi connectivity index (χ4v) is 3.38. The molecule has 0 bridgehead atoms. The fourth-order valence-electron chi connectivity index (χ4n) is 3.09. The second-order valence-electron chi connectivity index (χ2n) is 6.79. The van der Waals surface area contributed by atoms with Gasteiger partial charge in [0.05, 0.1) is 13.2 Å². The first-order chi connectivity index (χ1) is 14.0. The fraction of sp³-hybridized carbons (Fsp3) is 0.409. The van der Waals surface area contributed by atoms with Crippen molar-refractivity contribution in [2.45, 2.75) is 44.1 Å². The van der Waals surface area contributed by atoms with E-state index in [1.54, 1.807) is 48.5 Å². The SMILES string of the molecule is O=C(OCCCCCCCCOP(O)O)C(O)(c1ccccc1)c1ccccc1. The minimum atomic E-state index is -2.25. The topological polar surface area (TPSA) is 96.2 Å². The summed E-state index contributed by atoms with van der Waals surface area (Å²) in [5, 5.41) is 11.3. The van der Waals surface area contributed by atoms with Gasteiger partial charge in [-0.2, -0.15) is 0 Å². The van der Waals surface area contributed by atoms with E-state index in [0.29, 0.717) is 17.7 Å². The maximum atomic E-state index is 12.8. The highest BCUT2D eigenvalue weighted by Crippen LogP contribution is 2.31. The average Bonchev–Trinajstić information content (AvgIpc) is 2.75. The van der Waals surface area contributed by atoms with Crippen LogP contribution >= 0.6 is 8.60 Å². The third kappa shape index (κ3) is 7.50. The van der Waals surface area contributed by atoms with Crippen molar-refractivity contribution >= 4 is 14.6 Å². The third-order valence-electron chi connectivity index (χ3n) is 4.66. The van der Waals surface area contributed by atoms with Crippen LogP contribution in [0, 0.1) is 0 Å². The van der Waals surface area contributed by atoms with E-state index >= 15 is 0 Å². The van der Waals surface area contributed by atoms with Gasteiger partial charge >= 0.3 is 14.6 Å². The van der Waals surface area contributed by atoms with Crippen LogP contribution in [-0.2, 0) is 19.7 Å². The number of carbonyl (C=O) groups is 1. The van der Waals surface area contributed by atoms with E-state index < -0.39 is 20.2 Å². The van der Waals surface area contributed by atoms with Gasteiger partial charge in [-0.3, -0.25) is 0 Å². The monoisotopic (exact) mass is 420 g/mol. The second kappa shape index (κ2) is 12.7. The second-order valence-corrected chi connectivity index (χ2v) is 7.55. The van der Waals surface area contributed by atoms with Crippen molar-refractivity contribution in [1.82, 2.24) is 0 Å². The molecule has 0 spiro atoms. The molecule has 0 aliphatic rings. The van der Waals surface area contributed by atoms with E-state index in [2.05, 4.69) is 0 Å². The van der Waals surface area contributed by atoms with Gasteiger partial charge in [0, 0.05) is 0 Å². The number of esters is 1. The Morgan fingerprint density at radius 1 is 0.759 bits per heavy atom. The summed E-state index contributed by atoms with van der Waals surface area (Å²) in [6.07, 6.45) is 5.37. The summed E-state index contributed by atoms with van der Waals surface area (Å²) in [4.78, 5) is 30.1. The van der Waals surface area contributed by atoms with Crippen molar-refractivity contribution in [3.63, 3.8) is 0 Å². The van der Waals surface area contributed by atoms with Gasteiger partial charge < -0.3 is 24.2 Å². The van der Waals surface area contributed by atoms with Gasteiger partial charge in [0.1, 0.15) is 0 Å². The molecule has 2 rings (SSSR count). The quantitative estimate of drug-likeness (QED) is 0.257. The molecule has 2 aromatic carbocycles. The summed E-state index contributed by atoms with van der Waals surface area (Å²) in [6.45, 7) is 0.608. The summed E-state index contributed by atoms with van der Waals surface area (Å²) >= 11 is 0. The number of rotatable bonds is 13. The Bertz CT molecular complexity index is 668. The molecule has 0 fully saturated rings. The minimum Gasteiger partial charge on any atom is -0.463 e. The Morgan fingerprint density at radius 3 is 1.69 bits per heavy atom. The molecule has 29 heavy (non-hydrogen) atoms. The van der Waals surface area contributed by atoms with E-state index in [-0.39, 0.29) is 6.61 Å². The number of aliphatic hydroxyl groups is 1. The largest absolute Gasteiger partial charge is 0.463 e. The predicted octanol–water partition coefficient (Wildman–Crippen LogP) is 4.03. The lowest BCUT2D eigenvalue weighted by molar-refractivity contribution is -0.162. The van der Waals surface area contributed by atoms with Gasteiger partial charge in [0.2, 0.25) is 5.60 Å². The van der Waals surface area contributed by atoms with Crippen LogP contribution < -0.4 is 0 Å². The molecule has 0 aliphatic heterocycles. The third-order valence-corrected chi connectivity index (χ3v) is 5.07. The molecule has 2 aromatic rings. The standard InChI is InChI=1S/C22H29O6P/c23-21(27-17-11-3-1-2-4-12-18-28-29(25)26)22(24,19-13-7-5-8-14-19)20-15-9-6-10-16-20/h5-10,13-16,24-26H,1-4,11-12,17-18H2. The minimum absolute atomic E-state index is 0.253. The van der Waals surface area contributed by atoms with Crippen molar-refractivity contribution in [2.75, 3.05) is 13.2 Å². The molecule has 7 heteroatoms. The van der Waals surface area contributed by atoms with Crippen LogP contribution in [-0.4, -0.2) is 34.1 Å². The summed E-state index contributed by atoms with van der Waals surface area (Å²) in [6, 6.07) is 17.7. The number of hydrogen-bond acceptors (Lipinski definition) is 6. The highest BCUT2D eigenvalue weighted by atomic mass is 31.2. The van der Waals surface area contributed by atoms with Crippen molar-refractivity contribution in [2.24, 2.45) is 0 Å². The Kier molecular flexibility index (Phi) is 10.3. The number of ether oxygens (including phenoxy) is 1. The van der Waals surface area contributed by atoms with E-state index in [1.165, 1.54) is 0 Å². The molecule has 0 radical (unpaired) electrons. The summed E-state index contributed by atoms with van der Waals surface area (Å²) in [5.74, 6) is -0.670. The maximum absolute atomic E-state index is 12.8. The molecule has 0 amide bonds. The van der Waals surface area contributed by atoms with Gasteiger partial charge in [-0.05, 0) is 24.0 Å². The van der Waals surface area contributed by atoms with Gasteiger partial charge in [-0.1, -0.05) is 86.3 Å². The van der Waals surface area contributed by atoms with Crippen LogP contribution in [0.15, 0.2) is 60.7 Å². The first kappa shape index (κ1) is 23.5. The first-order valence-corrected chi connectivity index (χ1v) is 11.0. The Balaban J connectivity index is 1.78. The van der Waals surface area contributed by atoms with Crippen LogP contribution in [0.2, 0.25) is 0 Å². The molecule has 0 unspecified atom stereocenters. The lowest BCUT2D eigenvalue weighted by Crippen LogP contribution is -2.38. The van der Waals surface area contributed by atoms with Crippen molar-refractivity contribution in [3.05, 3.63) is 71.8 Å². The number of benzene rings is 2. The van der Waals surface area contributed by atoms with E-state index in [1.807, 2.05) is 12.1 Å². The van der Waals surface area contributed by atoms with Gasteiger partial charge in [0.25, 0.3) is 0 Å². The summed E-state index contributed by atoms with van der Waals surface area (Å²) < 4.78 is 10.1. The molecule has 0 aliphatic carbocycles. The zero-order valence-corrected chi connectivity index (χ0v) is 17.3. The summed E-state index contributed by atoms with van der Waals surface area (Å²) in [5.41, 5.74) is -0.873.